The first kappa shape index (κ1) is 16.5. The molecule has 1 aliphatic carbocycles. The fourth-order valence-electron chi connectivity index (χ4n) is 3.21. The fourth-order valence-corrected chi connectivity index (χ4v) is 3.34. The van der Waals surface area contributed by atoms with Crippen LogP contribution in [0, 0.1) is 0 Å². The summed E-state index contributed by atoms with van der Waals surface area (Å²) in [6.07, 6.45) is 3.38. The summed E-state index contributed by atoms with van der Waals surface area (Å²) in [6.45, 7) is 3.99. The lowest BCUT2D eigenvalue weighted by Crippen LogP contribution is -2.35. The molecule has 0 saturated heterocycles. The molecule has 1 aliphatic rings. The predicted molar refractivity (Wildman–Crippen MR) is 95.2 cm³/mol. The molecular formula is C19H19ClN2O2. The molecule has 0 unspecified atom stereocenters. The van der Waals surface area contributed by atoms with Crippen LogP contribution >= 0.6 is 11.6 Å². The Kier molecular flexibility index (Phi) is 4.58. The Balaban J connectivity index is 1.98. The van der Waals surface area contributed by atoms with Gasteiger partial charge in [0, 0.05) is 29.9 Å². The van der Waals surface area contributed by atoms with E-state index in [0.29, 0.717) is 10.6 Å². The van der Waals surface area contributed by atoms with Crippen molar-refractivity contribution < 1.29 is 4.79 Å². The van der Waals surface area contributed by atoms with E-state index < -0.39 is 0 Å². The van der Waals surface area contributed by atoms with Crippen molar-refractivity contribution in [3.05, 3.63) is 81.3 Å². The van der Waals surface area contributed by atoms with E-state index in [1.165, 1.54) is 16.2 Å². The van der Waals surface area contributed by atoms with Gasteiger partial charge >= 0.3 is 0 Å². The van der Waals surface area contributed by atoms with E-state index >= 15 is 0 Å². The number of benzene rings is 1. The zero-order valence-electron chi connectivity index (χ0n) is 13.5. The molecule has 1 aromatic heterocycles. The number of hydrogen-bond acceptors (Lipinski definition) is 2. The molecule has 0 saturated carbocycles. The van der Waals surface area contributed by atoms with Crippen molar-refractivity contribution in [1.82, 2.24) is 9.47 Å². The minimum Gasteiger partial charge on any atom is -0.326 e. The fraction of sp³-hybridized carbons (Fsp3) is 0.263. The Labute approximate surface area is 146 Å². The second kappa shape index (κ2) is 6.65. The van der Waals surface area contributed by atoms with E-state index in [9.17, 15) is 9.59 Å². The highest BCUT2D eigenvalue weighted by Crippen LogP contribution is 2.36. The number of halogens is 1. The van der Waals surface area contributed by atoms with Gasteiger partial charge in [0.05, 0.1) is 12.6 Å². The van der Waals surface area contributed by atoms with Crippen LogP contribution in [-0.4, -0.2) is 21.9 Å². The van der Waals surface area contributed by atoms with Crippen molar-refractivity contribution in [2.75, 3.05) is 6.54 Å². The Bertz CT molecular complexity index is 856. The highest BCUT2D eigenvalue weighted by Gasteiger charge is 2.31. The number of rotatable bonds is 4. The summed E-state index contributed by atoms with van der Waals surface area (Å²) >= 11 is 6.01. The smallest absolute Gasteiger partial charge is 0.254 e. The second-order valence-corrected chi connectivity index (χ2v) is 6.60. The van der Waals surface area contributed by atoms with Crippen LogP contribution in [0.3, 0.4) is 0 Å². The first-order valence-corrected chi connectivity index (χ1v) is 8.24. The molecule has 4 nitrogen and oxygen atoms in total. The van der Waals surface area contributed by atoms with Gasteiger partial charge in [-0.2, -0.15) is 0 Å². The Morgan fingerprint density at radius 2 is 2.12 bits per heavy atom. The van der Waals surface area contributed by atoms with E-state index in [1.54, 1.807) is 24.2 Å². The molecule has 24 heavy (non-hydrogen) atoms. The van der Waals surface area contributed by atoms with E-state index in [1.807, 2.05) is 18.2 Å². The molecule has 1 atom stereocenters. The molecule has 0 spiro atoms. The third-order valence-electron chi connectivity index (χ3n) is 4.43. The van der Waals surface area contributed by atoms with Crippen molar-refractivity contribution >= 4 is 17.5 Å². The third-order valence-corrected chi connectivity index (χ3v) is 4.55. The number of carbonyl (C=O) groups is 1. The average Bonchev–Trinajstić information content (AvgIpc) is 2.98. The molecule has 3 rings (SSSR count). The van der Waals surface area contributed by atoms with Crippen molar-refractivity contribution in [2.24, 2.45) is 7.05 Å². The second-order valence-electron chi connectivity index (χ2n) is 6.07. The summed E-state index contributed by atoms with van der Waals surface area (Å²) in [5, 5.41) is 0.400. The van der Waals surface area contributed by atoms with Crippen LogP contribution < -0.4 is 5.56 Å². The highest BCUT2D eigenvalue weighted by atomic mass is 35.5. The molecule has 1 amide bonds. The number of pyridine rings is 1. The standard InChI is InChI=1S/C19H19ClN2O2/c1-13(20)12-22(17-8-7-14-5-3-4-6-16(14)17)19(24)15-9-10-21(2)18(23)11-15/h3-6,9-11,17H,1,7-8,12H2,2H3/t17-/m0/s1. The summed E-state index contributed by atoms with van der Waals surface area (Å²) in [4.78, 5) is 26.6. The molecule has 0 N–H and O–H groups in total. The summed E-state index contributed by atoms with van der Waals surface area (Å²) in [5.41, 5.74) is 2.56. The molecule has 2 aromatic rings. The number of amides is 1. The number of nitrogens with zero attached hydrogens (tertiary/aromatic N) is 2. The lowest BCUT2D eigenvalue weighted by molar-refractivity contribution is 0.0699. The van der Waals surface area contributed by atoms with Gasteiger partial charge in [0.25, 0.3) is 11.5 Å². The lowest BCUT2D eigenvalue weighted by atomic mass is 10.1. The quantitative estimate of drug-likeness (QED) is 0.855. The summed E-state index contributed by atoms with van der Waals surface area (Å²) in [6, 6.07) is 11.1. The summed E-state index contributed by atoms with van der Waals surface area (Å²) in [5.74, 6) is -0.198. The number of carbonyl (C=O) groups excluding carboxylic acids is 1. The van der Waals surface area contributed by atoms with Gasteiger partial charge in [-0.05, 0) is 30.0 Å². The van der Waals surface area contributed by atoms with Crippen molar-refractivity contribution in [3.8, 4) is 0 Å². The van der Waals surface area contributed by atoms with Crippen LogP contribution in [0.15, 0.2) is 59.0 Å². The van der Waals surface area contributed by atoms with Gasteiger partial charge < -0.3 is 9.47 Å². The highest BCUT2D eigenvalue weighted by molar-refractivity contribution is 6.29. The Hall–Kier alpha value is -2.33. The van der Waals surface area contributed by atoms with Crippen molar-refractivity contribution in [1.29, 1.82) is 0 Å². The molecule has 0 fully saturated rings. The van der Waals surface area contributed by atoms with Gasteiger partial charge in [0.2, 0.25) is 0 Å². The lowest BCUT2D eigenvalue weighted by Gasteiger charge is -2.29. The minimum atomic E-state index is -0.211. The van der Waals surface area contributed by atoms with Crippen LogP contribution in [0.5, 0.6) is 0 Å². The predicted octanol–water partition coefficient (Wildman–Crippen LogP) is 3.27. The third kappa shape index (κ3) is 3.15. The molecule has 0 bridgehead atoms. The van der Waals surface area contributed by atoms with Gasteiger partial charge in [0.15, 0.2) is 0 Å². The molecule has 1 heterocycles. The maximum Gasteiger partial charge on any atom is 0.254 e. The zero-order chi connectivity index (χ0) is 17.3. The number of fused-ring (bicyclic) bond motifs is 1. The maximum atomic E-state index is 13.0. The summed E-state index contributed by atoms with van der Waals surface area (Å²) in [7, 11) is 1.65. The van der Waals surface area contributed by atoms with Crippen LogP contribution in [0.2, 0.25) is 0 Å². The van der Waals surface area contributed by atoms with Gasteiger partial charge in [-0.15, -0.1) is 0 Å². The molecule has 0 aliphatic heterocycles. The van der Waals surface area contributed by atoms with Gasteiger partial charge in [0.1, 0.15) is 0 Å². The topological polar surface area (TPSA) is 42.3 Å². The minimum absolute atomic E-state index is 0.0479. The number of hydrogen-bond donors (Lipinski definition) is 0. The van der Waals surface area contributed by atoms with Gasteiger partial charge in [-0.1, -0.05) is 42.4 Å². The van der Waals surface area contributed by atoms with E-state index in [4.69, 9.17) is 11.6 Å². The normalized spacial score (nSPS) is 15.8. The zero-order valence-corrected chi connectivity index (χ0v) is 14.3. The van der Waals surface area contributed by atoms with Crippen molar-refractivity contribution in [3.63, 3.8) is 0 Å². The van der Waals surface area contributed by atoms with Gasteiger partial charge in [-0.25, -0.2) is 0 Å². The molecule has 1 aromatic carbocycles. The van der Waals surface area contributed by atoms with Crippen LogP contribution in [0.4, 0.5) is 0 Å². The Morgan fingerprint density at radius 3 is 2.83 bits per heavy atom. The Morgan fingerprint density at radius 1 is 1.38 bits per heavy atom. The monoisotopic (exact) mass is 342 g/mol. The van der Waals surface area contributed by atoms with Crippen molar-refractivity contribution in [2.45, 2.75) is 18.9 Å². The number of aromatic nitrogens is 1. The van der Waals surface area contributed by atoms with E-state index in [0.717, 1.165) is 18.4 Å². The van der Waals surface area contributed by atoms with E-state index in [-0.39, 0.29) is 24.1 Å². The molecule has 124 valence electrons. The van der Waals surface area contributed by atoms with Crippen LogP contribution in [0.1, 0.15) is 33.9 Å². The largest absolute Gasteiger partial charge is 0.326 e. The maximum absolute atomic E-state index is 13.0. The molecule has 5 heteroatoms. The first-order chi connectivity index (χ1) is 11.5. The van der Waals surface area contributed by atoms with E-state index in [2.05, 4.69) is 12.6 Å². The SMILES string of the molecule is C=C(Cl)CN(C(=O)c1ccn(C)c(=O)c1)[C@H]1CCc2ccccc21. The summed E-state index contributed by atoms with van der Waals surface area (Å²) < 4.78 is 1.44. The molecular weight excluding hydrogens is 324 g/mol. The van der Waals surface area contributed by atoms with Crippen LogP contribution in [-0.2, 0) is 13.5 Å². The number of aryl methyl sites for hydroxylation is 2. The molecule has 0 radical (unpaired) electrons. The average molecular weight is 343 g/mol. The van der Waals surface area contributed by atoms with Gasteiger partial charge in [-0.3, -0.25) is 9.59 Å². The van der Waals surface area contributed by atoms with Crippen LogP contribution in [0.25, 0.3) is 0 Å². The first-order valence-electron chi connectivity index (χ1n) is 7.86.